The molecule has 27 heavy (non-hydrogen) atoms. The standard InChI is InChI=1S/C20H19F2N3O2/c1-24(2)11-19-23-10-18(25(19)3)13-4-6-14(7-5-13)27-20-15(12-26)16(21)8-9-17(20)22/h4-10,12H,11H2,1-3H3. The van der Waals surface area contributed by atoms with Crippen LogP contribution in [0.1, 0.15) is 16.2 Å². The molecule has 2 aromatic carbocycles. The molecule has 3 aromatic rings. The van der Waals surface area contributed by atoms with Crippen LogP contribution >= 0.6 is 0 Å². The molecule has 0 aliphatic carbocycles. The van der Waals surface area contributed by atoms with E-state index in [0.29, 0.717) is 12.3 Å². The van der Waals surface area contributed by atoms with Gasteiger partial charge in [0.2, 0.25) is 0 Å². The van der Waals surface area contributed by atoms with Gasteiger partial charge in [-0.3, -0.25) is 4.79 Å². The van der Waals surface area contributed by atoms with E-state index >= 15 is 0 Å². The van der Waals surface area contributed by atoms with E-state index in [2.05, 4.69) is 4.98 Å². The maximum atomic E-state index is 13.9. The molecule has 5 nitrogen and oxygen atoms in total. The molecule has 0 bridgehead atoms. The zero-order chi connectivity index (χ0) is 19.6. The number of rotatable bonds is 6. The molecule has 0 aliphatic heterocycles. The summed E-state index contributed by atoms with van der Waals surface area (Å²) in [5, 5.41) is 0. The van der Waals surface area contributed by atoms with Gasteiger partial charge >= 0.3 is 0 Å². The van der Waals surface area contributed by atoms with Gasteiger partial charge < -0.3 is 14.2 Å². The van der Waals surface area contributed by atoms with Gasteiger partial charge in [-0.15, -0.1) is 0 Å². The molecular weight excluding hydrogens is 352 g/mol. The molecule has 0 aliphatic rings. The number of halogens is 2. The number of hydrogen-bond acceptors (Lipinski definition) is 4. The normalized spacial score (nSPS) is 11.0. The Labute approximate surface area is 155 Å². The topological polar surface area (TPSA) is 47.4 Å². The molecule has 0 radical (unpaired) electrons. The summed E-state index contributed by atoms with van der Waals surface area (Å²) < 4.78 is 35.0. The summed E-state index contributed by atoms with van der Waals surface area (Å²) >= 11 is 0. The number of benzene rings is 2. The highest BCUT2D eigenvalue weighted by atomic mass is 19.1. The fourth-order valence-electron chi connectivity index (χ4n) is 2.72. The minimum atomic E-state index is -0.832. The summed E-state index contributed by atoms with van der Waals surface area (Å²) in [6, 6.07) is 8.67. The minimum absolute atomic E-state index is 0.240. The van der Waals surface area contributed by atoms with E-state index < -0.39 is 22.9 Å². The van der Waals surface area contributed by atoms with Crippen LogP contribution in [0.5, 0.6) is 11.5 Å². The van der Waals surface area contributed by atoms with Crippen molar-refractivity contribution in [3.8, 4) is 22.8 Å². The number of hydrogen-bond donors (Lipinski definition) is 0. The van der Waals surface area contributed by atoms with Crippen molar-refractivity contribution < 1.29 is 18.3 Å². The highest BCUT2D eigenvalue weighted by Gasteiger charge is 2.16. The van der Waals surface area contributed by atoms with Crippen LogP contribution in [0.3, 0.4) is 0 Å². The smallest absolute Gasteiger partial charge is 0.176 e. The SMILES string of the molecule is CN(C)Cc1ncc(-c2ccc(Oc3c(F)ccc(F)c3C=O)cc2)n1C. The summed E-state index contributed by atoms with van der Waals surface area (Å²) in [5.74, 6) is -0.842. The number of carbonyl (C=O) groups excluding carboxylic acids is 1. The van der Waals surface area contributed by atoms with Crippen molar-refractivity contribution in [3.63, 3.8) is 0 Å². The van der Waals surface area contributed by atoms with Crippen molar-refractivity contribution in [2.75, 3.05) is 14.1 Å². The summed E-state index contributed by atoms with van der Waals surface area (Å²) in [5.41, 5.74) is 1.38. The van der Waals surface area contributed by atoms with Gasteiger partial charge in [-0.05, 0) is 50.5 Å². The first-order chi connectivity index (χ1) is 12.9. The van der Waals surface area contributed by atoms with Gasteiger partial charge in [0, 0.05) is 12.6 Å². The van der Waals surface area contributed by atoms with Crippen molar-refractivity contribution in [1.82, 2.24) is 14.5 Å². The van der Waals surface area contributed by atoms with Gasteiger partial charge in [-0.25, -0.2) is 13.8 Å². The van der Waals surface area contributed by atoms with Gasteiger partial charge in [0.1, 0.15) is 17.4 Å². The monoisotopic (exact) mass is 371 g/mol. The molecule has 0 saturated carbocycles. The molecule has 7 heteroatoms. The Kier molecular flexibility index (Phi) is 5.32. The quantitative estimate of drug-likeness (QED) is 0.614. The molecule has 3 rings (SSSR count). The summed E-state index contributed by atoms with van der Waals surface area (Å²) in [6.07, 6.45) is 2.02. The largest absolute Gasteiger partial charge is 0.453 e. The lowest BCUT2D eigenvalue weighted by molar-refractivity contribution is 0.111. The Morgan fingerprint density at radius 2 is 1.78 bits per heavy atom. The second-order valence-corrected chi connectivity index (χ2v) is 6.37. The lowest BCUT2D eigenvalue weighted by Gasteiger charge is -2.12. The number of nitrogens with zero attached hydrogens (tertiary/aromatic N) is 3. The maximum absolute atomic E-state index is 13.9. The number of ether oxygens (including phenoxy) is 1. The van der Waals surface area contributed by atoms with E-state index in [9.17, 15) is 13.6 Å². The van der Waals surface area contributed by atoms with Crippen LogP contribution in [0.2, 0.25) is 0 Å². The Bertz CT molecular complexity index is 966. The molecular formula is C20H19F2N3O2. The Balaban J connectivity index is 1.86. The third kappa shape index (κ3) is 3.88. The predicted molar refractivity (Wildman–Crippen MR) is 97.9 cm³/mol. The average molecular weight is 371 g/mol. The first kappa shape index (κ1) is 18.7. The van der Waals surface area contributed by atoms with Crippen LogP contribution in [-0.4, -0.2) is 34.8 Å². The minimum Gasteiger partial charge on any atom is -0.453 e. The van der Waals surface area contributed by atoms with Gasteiger partial charge in [-0.1, -0.05) is 0 Å². The summed E-state index contributed by atoms with van der Waals surface area (Å²) in [4.78, 5) is 17.5. The molecule has 1 heterocycles. The molecule has 0 spiro atoms. The van der Waals surface area contributed by atoms with Crippen LogP contribution in [0.4, 0.5) is 8.78 Å². The predicted octanol–water partition coefficient (Wildman–Crippen LogP) is 4.03. The van der Waals surface area contributed by atoms with Gasteiger partial charge in [0.05, 0.1) is 24.0 Å². The second kappa shape index (κ2) is 7.67. The van der Waals surface area contributed by atoms with Crippen LogP contribution in [0, 0.1) is 11.6 Å². The zero-order valence-corrected chi connectivity index (χ0v) is 15.2. The first-order valence-electron chi connectivity index (χ1n) is 8.27. The number of aromatic nitrogens is 2. The highest BCUT2D eigenvalue weighted by molar-refractivity contribution is 5.80. The summed E-state index contributed by atoms with van der Waals surface area (Å²) in [7, 11) is 5.88. The van der Waals surface area contributed by atoms with E-state index in [1.807, 2.05) is 30.6 Å². The third-order valence-corrected chi connectivity index (χ3v) is 4.12. The van der Waals surface area contributed by atoms with Crippen LogP contribution in [-0.2, 0) is 13.6 Å². The molecule has 0 saturated heterocycles. The van der Waals surface area contributed by atoms with Gasteiger partial charge in [0.25, 0.3) is 0 Å². The maximum Gasteiger partial charge on any atom is 0.176 e. The zero-order valence-electron chi connectivity index (χ0n) is 15.2. The molecule has 0 N–H and O–H groups in total. The van der Waals surface area contributed by atoms with Crippen LogP contribution in [0.15, 0.2) is 42.6 Å². The van der Waals surface area contributed by atoms with Crippen LogP contribution in [0.25, 0.3) is 11.3 Å². The average Bonchev–Trinajstić information content (AvgIpc) is 2.99. The fourth-order valence-corrected chi connectivity index (χ4v) is 2.72. The van der Waals surface area contributed by atoms with Gasteiger partial charge in [0.15, 0.2) is 17.9 Å². The molecule has 140 valence electrons. The van der Waals surface area contributed by atoms with E-state index in [-0.39, 0.29) is 6.29 Å². The van der Waals surface area contributed by atoms with Crippen molar-refractivity contribution in [3.05, 3.63) is 65.6 Å². The number of imidazole rings is 1. The lowest BCUT2D eigenvalue weighted by atomic mass is 10.1. The first-order valence-corrected chi connectivity index (χ1v) is 8.27. The molecule has 0 unspecified atom stereocenters. The Morgan fingerprint density at radius 1 is 1.11 bits per heavy atom. The lowest BCUT2D eigenvalue weighted by Crippen LogP contribution is -2.14. The van der Waals surface area contributed by atoms with Crippen molar-refractivity contribution in [1.29, 1.82) is 0 Å². The van der Waals surface area contributed by atoms with Crippen molar-refractivity contribution in [2.45, 2.75) is 6.54 Å². The van der Waals surface area contributed by atoms with E-state index in [1.54, 1.807) is 30.5 Å². The van der Waals surface area contributed by atoms with Crippen molar-refractivity contribution in [2.24, 2.45) is 7.05 Å². The second-order valence-electron chi connectivity index (χ2n) is 6.37. The molecule has 0 amide bonds. The highest BCUT2D eigenvalue weighted by Crippen LogP contribution is 2.31. The Morgan fingerprint density at radius 3 is 2.41 bits per heavy atom. The Hall–Kier alpha value is -3.06. The molecule has 0 fully saturated rings. The summed E-state index contributed by atoms with van der Waals surface area (Å²) in [6.45, 7) is 0.713. The fraction of sp³-hybridized carbons (Fsp3) is 0.200. The van der Waals surface area contributed by atoms with Crippen molar-refractivity contribution >= 4 is 6.29 Å². The third-order valence-electron chi connectivity index (χ3n) is 4.12. The van der Waals surface area contributed by atoms with E-state index in [0.717, 1.165) is 29.2 Å². The number of carbonyl (C=O) groups is 1. The number of aldehydes is 1. The van der Waals surface area contributed by atoms with Crippen LogP contribution < -0.4 is 4.74 Å². The van der Waals surface area contributed by atoms with E-state index in [4.69, 9.17) is 4.74 Å². The van der Waals surface area contributed by atoms with Gasteiger partial charge in [-0.2, -0.15) is 0 Å². The molecule has 1 aromatic heterocycles. The van der Waals surface area contributed by atoms with E-state index in [1.165, 1.54) is 0 Å². The molecule has 0 atom stereocenters.